The Balaban J connectivity index is -0.0000000270. The molecule has 0 saturated heterocycles. The van der Waals surface area contributed by atoms with Gasteiger partial charge in [-0.3, -0.25) is 0 Å². The second-order valence-corrected chi connectivity index (χ2v) is 4.01. The van der Waals surface area contributed by atoms with E-state index in [1.807, 2.05) is 6.92 Å². The first-order chi connectivity index (χ1) is 4.42. The zero-order valence-corrected chi connectivity index (χ0v) is 7.59. The van der Waals surface area contributed by atoms with Crippen LogP contribution in [0.15, 0.2) is 0 Å². The average Bonchev–Trinajstić information content (AvgIpc) is 1.59. The smallest absolute Gasteiger partial charge is 0.0781 e. The summed E-state index contributed by atoms with van der Waals surface area (Å²) in [6, 6.07) is 0. The Kier molecular flexibility index (Phi) is 56.6. The number of aliphatic hydroxyl groups excluding tert-OH is 1. The fourth-order valence-electron chi connectivity index (χ4n) is 0.861. The van der Waals surface area contributed by atoms with Crippen molar-refractivity contribution in [1.82, 2.24) is 0 Å². The summed E-state index contributed by atoms with van der Waals surface area (Å²) in [5.74, 6) is 0. The molecule has 0 spiro atoms. The Hall–Kier alpha value is -0.0800. The number of rotatable bonds is 4. The van der Waals surface area contributed by atoms with Crippen LogP contribution in [0.5, 0.6) is 0 Å². The van der Waals surface area contributed by atoms with E-state index in [0.717, 1.165) is 23.9 Å². The van der Waals surface area contributed by atoms with Crippen molar-refractivity contribution in [2.75, 3.05) is 27.7 Å². The Morgan fingerprint density at radius 2 is 1.19 bits per heavy atom. The third-order valence-corrected chi connectivity index (χ3v) is 1.45. The van der Waals surface area contributed by atoms with E-state index in [-0.39, 0.29) is 50.7 Å². The molecule has 0 amide bonds. The van der Waals surface area contributed by atoms with Crippen molar-refractivity contribution < 1.29 is 9.59 Å². The van der Waals surface area contributed by atoms with E-state index >= 15 is 0 Å². The summed E-state index contributed by atoms with van der Waals surface area (Å²) in [6.45, 7) is 2.99. The first-order valence-corrected chi connectivity index (χ1v) is 3.90. The van der Waals surface area contributed by atoms with Gasteiger partial charge < -0.3 is 9.59 Å². The summed E-state index contributed by atoms with van der Waals surface area (Å²) >= 11 is 0. The van der Waals surface area contributed by atoms with Gasteiger partial charge in [0.15, 0.2) is 0 Å². The van der Waals surface area contributed by atoms with Crippen molar-refractivity contribution in [3.63, 3.8) is 0 Å². The number of aliphatic hydroxyl groups is 1. The van der Waals surface area contributed by atoms with Crippen molar-refractivity contribution in [3.05, 3.63) is 0 Å². The molecule has 2 nitrogen and oxygen atoms in total. The van der Waals surface area contributed by atoms with Crippen LogP contribution in [0.25, 0.3) is 0 Å². The highest BCUT2D eigenvalue weighted by molar-refractivity contribution is 4.45. The van der Waals surface area contributed by atoms with Gasteiger partial charge in [0.05, 0.1) is 33.8 Å². The summed E-state index contributed by atoms with van der Waals surface area (Å²) in [6.07, 6.45) is 1.91. The molecule has 110 valence electrons. The molecule has 0 aromatic rings. The molecule has 0 aliphatic rings. The lowest BCUT2D eigenvalue weighted by Gasteiger charge is -2.23. The van der Waals surface area contributed by atoms with Crippen LogP contribution in [0.4, 0.5) is 0 Å². The zero-order valence-electron chi connectivity index (χ0n) is 7.59. The standard InChI is InChI=1S/C8H20NO.6CH4/c1-8(10)6-5-7-9(2,3)4;;;;;;/h8,10H,5-7H2,1-4H3;6*1H4/q+1;;;;;;. The lowest BCUT2D eigenvalue weighted by Crippen LogP contribution is -2.35. The number of hydrogen-bond donors (Lipinski definition) is 1. The van der Waals surface area contributed by atoms with Crippen molar-refractivity contribution in [2.45, 2.75) is 70.4 Å². The Bertz CT molecular complexity index is 85.2. The lowest BCUT2D eigenvalue weighted by atomic mass is 10.2. The van der Waals surface area contributed by atoms with Crippen LogP contribution < -0.4 is 0 Å². The molecule has 0 bridgehead atoms. The minimum atomic E-state index is -0.133. The topological polar surface area (TPSA) is 20.2 Å². The van der Waals surface area contributed by atoms with Crippen LogP contribution in [-0.2, 0) is 0 Å². The maximum Gasteiger partial charge on any atom is 0.0781 e. The molecule has 0 aromatic carbocycles. The molecule has 16 heavy (non-hydrogen) atoms. The fraction of sp³-hybridized carbons (Fsp3) is 1.00. The van der Waals surface area contributed by atoms with Crippen LogP contribution in [0.1, 0.15) is 64.3 Å². The van der Waals surface area contributed by atoms with Crippen LogP contribution in [0.2, 0.25) is 0 Å². The highest BCUT2D eigenvalue weighted by Gasteiger charge is 2.06. The van der Waals surface area contributed by atoms with Gasteiger partial charge in [-0.05, 0) is 19.8 Å². The Labute approximate surface area is 108 Å². The Morgan fingerprint density at radius 1 is 0.875 bits per heavy atom. The molecule has 1 atom stereocenters. The third kappa shape index (κ3) is 48.5. The molecular weight excluding hydrogens is 198 g/mol. The highest BCUT2D eigenvalue weighted by atomic mass is 16.3. The molecule has 0 radical (unpaired) electrons. The average molecular weight is 243 g/mol. The molecule has 0 heterocycles. The first kappa shape index (κ1) is 44.5. The quantitative estimate of drug-likeness (QED) is 0.710. The number of quaternary nitrogens is 1. The maximum atomic E-state index is 8.94. The SMILES string of the molecule is C.C.C.C.C.C.CC(O)CCC[N+](C)(C)C. The van der Waals surface area contributed by atoms with Crippen molar-refractivity contribution in [2.24, 2.45) is 0 Å². The molecule has 0 aromatic heterocycles. The van der Waals surface area contributed by atoms with Gasteiger partial charge in [-0.25, -0.2) is 0 Å². The third-order valence-electron chi connectivity index (χ3n) is 1.45. The molecule has 0 aliphatic carbocycles. The molecular formula is C14H44NO+. The van der Waals surface area contributed by atoms with Gasteiger partial charge in [-0.15, -0.1) is 0 Å². The lowest BCUT2D eigenvalue weighted by molar-refractivity contribution is -0.870. The minimum Gasteiger partial charge on any atom is -0.393 e. The van der Waals surface area contributed by atoms with Gasteiger partial charge in [0, 0.05) is 0 Å². The first-order valence-electron chi connectivity index (χ1n) is 3.90. The van der Waals surface area contributed by atoms with Gasteiger partial charge in [0.1, 0.15) is 0 Å². The minimum absolute atomic E-state index is 0. The van der Waals surface area contributed by atoms with E-state index in [4.69, 9.17) is 5.11 Å². The van der Waals surface area contributed by atoms with Gasteiger partial charge in [-0.2, -0.15) is 0 Å². The van der Waals surface area contributed by atoms with Gasteiger partial charge >= 0.3 is 0 Å². The summed E-state index contributed by atoms with van der Waals surface area (Å²) < 4.78 is 0.993. The van der Waals surface area contributed by atoms with Crippen molar-refractivity contribution >= 4 is 0 Å². The fourth-order valence-corrected chi connectivity index (χ4v) is 0.861. The summed E-state index contributed by atoms with van der Waals surface area (Å²) in [4.78, 5) is 0. The number of hydrogen-bond acceptors (Lipinski definition) is 1. The predicted octanol–water partition coefficient (Wildman–Crippen LogP) is 4.67. The van der Waals surface area contributed by atoms with Gasteiger partial charge in [0.2, 0.25) is 0 Å². The summed E-state index contributed by atoms with van der Waals surface area (Å²) in [5, 5.41) is 8.94. The van der Waals surface area contributed by atoms with E-state index in [2.05, 4.69) is 21.1 Å². The van der Waals surface area contributed by atoms with Gasteiger partial charge in [0.25, 0.3) is 0 Å². The van der Waals surface area contributed by atoms with E-state index in [1.165, 1.54) is 0 Å². The highest BCUT2D eigenvalue weighted by Crippen LogP contribution is 2.00. The van der Waals surface area contributed by atoms with Crippen LogP contribution in [0, 0.1) is 0 Å². The molecule has 0 rings (SSSR count). The van der Waals surface area contributed by atoms with Crippen LogP contribution in [-0.4, -0.2) is 43.4 Å². The van der Waals surface area contributed by atoms with Crippen molar-refractivity contribution in [1.29, 1.82) is 0 Å². The zero-order chi connectivity index (χ0) is 8.20. The summed E-state index contributed by atoms with van der Waals surface area (Å²) in [5.41, 5.74) is 0. The molecule has 0 fully saturated rings. The molecule has 2 heteroatoms. The monoisotopic (exact) mass is 242 g/mol. The second-order valence-electron chi connectivity index (χ2n) is 4.01. The van der Waals surface area contributed by atoms with E-state index < -0.39 is 0 Å². The largest absolute Gasteiger partial charge is 0.393 e. The molecule has 0 aliphatic heterocycles. The second kappa shape index (κ2) is 20.3. The maximum absolute atomic E-state index is 8.94. The van der Waals surface area contributed by atoms with E-state index in [9.17, 15) is 0 Å². The summed E-state index contributed by atoms with van der Waals surface area (Å²) in [7, 11) is 6.51. The van der Waals surface area contributed by atoms with Gasteiger partial charge in [-0.1, -0.05) is 44.6 Å². The van der Waals surface area contributed by atoms with E-state index in [1.54, 1.807) is 0 Å². The van der Waals surface area contributed by atoms with Crippen LogP contribution in [0.3, 0.4) is 0 Å². The van der Waals surface area contributed by atoms with E-state index in [0.29, 0.717) is 0 Å². The van der Waals surface area contributed by atoms with Crippen LogP contribution >= 0.6 is 0 Å². The molecule has 1 unspecified atom stereocenters. The number of nitrogens with zero attached hydrogens (tertiary/aromatic N) is 1. The van der Waals surface area contributed by atoms with Crippen molar-refractivity contribution in [3.8, 4) is 0 Å². The molecule has 0 saturated carbocycles. The predicted molar refractivity (Wildman–Crippen MR) is 84.2 cm³/mol. The Morgan fingerprint density at radius 3 is 1.38 bits per heavy atom. The molecule has 1 N–H and O–H groups in total. The normalized spacial score (nSPS) is 9.56.